The van der Waals surface area contributed by atoms with Crippen LogP contribution < -0.4 is 19.5 Å². The van der Waals surface area contributed by atoms with Crippen LogP contribution in [0.3, 0.4) is 0 Å². The van der Waals surface area contributed by atoms with Crippen molar-refractivity contribution in [1.29, 1.82) is 0 Å². The summed E-state index contributed by atoms with van der Waals surface area (Å²) in [5.41, 5.74) is -0.0759. The summed E-state index contributed by atoms with van der Waals surface area (Å²) in [7, 11) is -1.69. The summed E-state index contributed by atoms with van der Waals surface area (Å²) in [6, 6.07) is 2.74. The smallest absolute Gasteiger partial charge is 0.335 e. The number of nitrogens with one attached hydrogen (secondary N) is 2. The summed E-state index contributed by atoms with van der Waals surface area (Å²) in [6.07, 6.45) is -0.694. The molecule has 0 aliphatic rings. The third-order valence-corrected chi connectivity index (χ3v) is 4.95. The Kier molecular flexibility index (Phi) is 7.61. The average molecular weight is 429 g/mol. The molecule has 0 aliphatic carbocycles. The number of anilines is 1. The van der Waals surface area contributed by atoms with Crippen molar-refractivity contribution in [3.05, 3.63) is 30.1 Å². The third-order valence-electron chi connectivity index (χ3n) is 3.54. The summed E-state index contributed by atoms with van der Waals surface area (Å²) in [5.74, 6) is -0.0862. The zero-order chi connectivity index (χ0) is 21.4. The molecule has 13 heteroatoms. The zero-order valence-electron chi connectivity index (χ0n) is 15.6. The molecule has 0 bridgehead atoms. The molecule has 2 heterocycles. The van der Waals surface area contributed by atoms with E-state index in [1.165, 1.54) is 38.6 Å². The van der Waals surface area contributed by atoms with E-state index < -0.39 is 22.2 Å². The Morgan fingerprint density at radius 3 is 2.52 bits per heavy atom. The second-order valence-electron chi connectivity index (χ2n) is 5.60. The Bertz CT molecular complexity index is 936. The number of halogens is 1. The first-order chi connectivity index (χ1) is 13.8. The molecule has 0 saturated heterocycles. The molecule has 0 spiro atoms. The number of alkyl halides is 1. The van der Waals surface area contributed by atoms with Crippen molar-refractivity contribution in [2.24, 2.45) is 0 Å². The van der Waals surface area contributed by atoms with E-state index in [1.807, 2.05) is 0 Å². The van der Waals surface area contributed by atoms with Crippen LogP contribution in [-0.2, 0) is 16.4 Å². The first-order valence-corrected chi connectivity index (χ1v) is 9.77. The molecular weight excluding hydrogens is 409 g/mol. The molecular formula is C16H20FN5O6S. The van der Waals surface area contributed by atoms with Crippen molar-refractivity contribution in [2.75, 3.05) is 26.1 Å². The molecule has 1 atom stereocenters. The van der Waals surface area contributed by atoms with Gasteiger partial charge in [0.05, 0.1) is 26.0 Å². The summed E-state index contributed by atoms with van der Waals surface area (Å²) in [4.78, 5) is 23.4. The molecule has 2 rings (SSSR count). The van der Waals surface area contributed by atoms with Crippen molar-refractivity contribution >= 4 is 22.0 Å². The van der Waals surface area contributed by atoms with Gasteiger partial charge in [-0.2, -0.15) is 9.97 Å². The Morgan fingerprint density at radius 1 is 1.28 bits per heavy atom. The van der Waals surface area contributed by atoms with Gasteiger partial charge in [0.2, 0.25) is 17.7 Å². The number of nitrogens with zero attached hydrogens (tertiary/aromatic N) is 3. The number of aromatic nitrogens is 3. The van der Waals surface area contributed by atoms with Crippen LogP contribution >= 0.6 is 0 Å². The number of methoxy groups -OCH3 is 2. The number of aliphatic hydroxyl groups excluding tert-OH is 1. The number of carbonyl (C=O) groups excluding carboxylic acids is 1. The van der Waals surface area contributed by atoms with Crippen molar-refractivity contribution < 1.29 is 32.2 Å². The van der Waals surface area contributed by atoms with Gasteiger partial charge >= 0.3 is 6.03 Å². The molecule has 2 aromatic heterocycles. The summed E-state index contributed by atoms with van der Waals surface area (Å²) in [6.45, 7) is -0.388. The van der Waals surface area contributed by atoms with E-state index in [0.717, 1.165) is 0 Å². The Morgan fingerprint density at radius 2 is 1.93 bits per heavy atom. The highest BCUT2D eigenvalue weighted by molar-refractivity contribution is 7.90. The summed E-state index contributed by atoms with van der Waals surface area (Å²) in [5, 5.41) is 11.0. The Balaban J connectivity index is 2.18. The predicted molar refractivity (Wildman–Crippen MR) is 99.0 cm³/mol. The number of urea groups is 1. The number of sulfonamides is 1. The molecule has 3 N–H and O–H groups in total. The lowest BCUT2D eigenvalue weighted by molar-refractivity contribution is 0.218. The van der Waals surface area contributed by atoms with Gasteiger partial charge in [-0.15, -0.1) is 0 Å². The Hall–Kier alpha value is -3.06. The van der Waals surface area contributed by atoms with Crippen molar-refractivity contribution in [3.8, 4) is 11.8 Å². The lowest BCUT2D eigenvalue weighted by atomic mass is 10.1. The number of ether oxygens (including phenoxy) is 2. The molecule has 0 aliphatic heterocycles. The van der Waals surface area contributed by atoms with Crippen LogP contribution in [0.1, 0.15) is 12.1 Å². The SMILES string of the molecule is COc1cc(OC)nc(NC(=O)NS(=O)(=O)c2cccnc2CC(F)CCO)n1. The zero-order valence-corrected chi connectivity index (χ0v) is 16.4. The van der Waals surface area contributed by atoms with Crippen LogP contribution in [0.15, 0.2) is 29.3 Å². The quantitative estimate of drug-likeness (QED) is 0.522. The Labute approximate surface area is 166 Å². The van der Waals surface area contributed by atoms with Gasteiger partial charge in [-0.25, -0.2) is 22.3 Å². The van der Waals surface area contributed by atoms with Gasteiger partial charge in [-0.3, -0.25) is 10.3 Å². The van der Waals surface area contributed by atoms with Gasteiger partial charge in [0.15, 0.2) is 0 Å². The molecule has 0 saturated carbocycles. The van der Waals surface area contributed by atoms with Crippen LogP contribution in [-0.4, -0.2) is 61.5 Å². The number of amides is 2. The standard InChI is InChI=1S/C16H20FN5O6S/c1-27-13-9-14(28-2)20-15(19-13)21-16(24)22-29(25,26)12-4-3-6-18-11(12)8-10(17)5-7-23/h3-4,6,9-10,23H,5,7-8H2,1-2H3,(H2,19,20,21,22,24). The van der Waals surface area contributed by atoms with E-state index in [2.05, 4.69) is 20.3 Å². The monoisotopic (exact) mass is 429 g/mol. The fourth-order valence-electron chi connectivity index (χ4n) is 2.25. The molecule has 2 amide bonds. The van der Waals surface area contributed by atoms with E-state index in [-0.39, 0.29) is 47.7 Å². The number of rotatable bonds is 9. The number of carbonyl (C=O) groups is 1. The maximum Gasteiger partial charge on any atom is 0.335 e. The van der Waals surface area contributed by atoms with Gasteiger partial charge < -0.3 is 14.6 Å². The van der Waals surface area contributed by atoms with Crippen molar-refractivity contribution in [3.63, 3.8) is 0 Å². The highest BCUT2D eigenvalue weighted by Gasteiger charge is 2.24. The minimum atomic E-state index is -4.37. The highest BCUT2D eigenvalue weighted by Crippen LogP contribution is 2.19. The maximum absolute atomic E-state index is 13.8. The summed E-state index contributed by atoms with van der Waals surface area (Å²) < 4.78 is 50.6. The fourth-order valence-corrected chi connectivity index (χ4v) is 3.36. The molecule has 11 nitrogen and oxygen atoms in total. The van der Waals surface area contributed by atoms with Crippen LogP contribution in [0, 0.1) is 0 Å². The lowest BCUT2D eigenvalue weighted by Gasteiger charge is -2.13. The minimum absolute atomic E-state index is 0.0759. The first-order valence-electron chi connectivity index (χ1n) is 8.28. The largest absolute Gasteiger partial charge is 0.481 e. The van der Waals surface area contributed by atoms with E-state index >= 15 is 0 Å². The normalized spacial score (nSPS) is 12.1. The second kappa shape index (κ2) is 9.93. The molecule has 2 aromatic rings. The van der Waals surface area contributed by atoms with E-state index in [9.17, 15) is 17.6 Å². The lowest BCUT2D eigenvalue weighted by Crippen LogP contribution is -2.35. The van der Waals surface area contributed by atoms with Gasteiger partial charge in [0.25, 0.3) is 10.0 Å². The molecule has 29 heavy (non-hydrogen) atoms. The third kappa shape index (κ3) is 6.22. The summed E-state index contributed by atoms with van der Waals surface area (Å²) >= 11 is 0. The average Bonchev–Trinajstić information content (AvgIpc) is 2.67. The molecule has 158 valence electrons. The molecule has 0 fully saturated rings. The molecule has 0 radical (unpaired) electrons. The van der Waals surface area contributed by atoms with E-state index in [4.69, 9.17) is 14.6 Å². The van der Waals surface area contributed by atoms with Crippen LogP contribution in [0.4, 0.5) is 15.1 Å². The highest BCUT2D eigenvalue weighted by atomic mass is 32.2. The van der Waals surface area contributed by atoms with Crippen LogP contribution in [0.25, 0.3) is 0 Å². The van der Waals surface area contributed by atoms with Gasteiger partial charge in [0.1, 0.15) is 11.1 Å². The molecule has 1 unspecified atom stereocenters. The second-order valence-corrected chi connectivity index (χ2v) is 7.25. The number of pyridine rings is 1. The topological polar surface area (TPSA) is 153 Å². The van der Waals surface area contributed by atoms with Crippen LogP contribution in [0.5, 0.6) is 11.8 Å². The van der Waals surface area contributed by atoms with Gasteiger partial charge in [0, 0.05) is 25.6 Å². The van der Waals surface area contributed by atoms with Crippen molar-refractivity contribution in [2.45, 2.75) is 23.9 Å². The maximum atomic E-state index is 13.8. The number of aliphatic hydroxyl groups is 1. The van der Waals surface area contributed by atoms with E-state index in [1.54, 1.807) is 4.72 Å². The number of hydrogen-bond acceptors (Lipinski definition) is 9. The first kappa shape index (κ1) is 22.2. The van der Waals surface area contributed by atoms with E-state index in [0.29, 0.717) is 0 Å². The molecule has 0 aromatic carbocycles. The van der Waals surface area contributed by atoms with Gasteiger partial charge in [-0.1, -0.05) is 0 Å². The van der Waals surface area contributed by atoms with Crippen molar-refractivity contribution in [1.82, 2.24) is 19.7 Å². The van der Waals surface area contributed by atoms with Gasteiger partial charge in [-0.05, 0) is 12.1 Å². The van der Waals surface area contributed by atoms with Crippen LogP contribution in [0.2, 0.25) is 0 Å². The predicted octanol–water partition coefficient (Wildman–Crippen LogP) is 0.662. The fraction of sp³-hybridized carbons (Fsp3) is 0.375. The number of hydrogen-bond donors (Lipinski definition) is 3. The minimum Gasteiger partial charge on any atom is -0.481 e.